The zero-order valence-electron chi connectivity index (χ0n) is 12.8. The Bertz CT molecular complexity index is 731. The Labute approximate surface area is 131 Å². The number of nitrogens with zero attached hydrogens (tertiary/aromatic N) is 4. The van der Waals surface area contributed by atoms with Crippen molar-refractivity contribution in [3.05, 3.63) is 6.33 Å². The first kappa shape index (κ1) is 15.4. The third-order valence-electron chi connectivity index (χ3n) is 3.34. The molecule has 3 rings (SSSR count). The summed E-state index contributed by atoms with van der Waals surface area (Å²) in [6.07, 6.45) is 0.430. The van der Waals surface area contributed by atoms with Crippen molar-refractivity contribution < 1.29 is 19.0 Å². The summed E-state index contributed by atoms with van der Waals surface area (Å²) in [6.45, 7) is 3.81. The molecule has 1 aliphatic rings. The number of imidazole rings is 1. The van der Waals surface area contributed by atoms with Crippen LogP contribution in [0.4, 0.5) is 11.8 Å². The maximum atomic E-state index is 11.5. The summed E-state index contributed by atoms with van der Waals surface area (Å²) < 4.78 is 17.9. The van der Waals surface area contributed by atoms with Crippen LogP contribution in [0.2, 0.25) is 0 Å². The van der Waals surface area contributed by atoms with Crippen molar-refractivity contribution in [3.63, 3.8) is 0 Å². The minimum absolute atomic E-state index is 0.0272. The van der Waals surface area contributed by atoms with Crippen LogP contribution in [0, 0.1) is 5.92 Å². The summed E-state index contributed by atoms with van der Waals surface area (Å²) >= 11 is 0. The van der Waals surface area contributed by atoms with E-state index in [-0.39, 0.29) is 36.9 Å². The molecule has 1 fully saturated rings. The van der Waals surface area contributed by atoms with E-state index in [1.165, 1.54) is 6.33 Å². The van der Waals surface area contributed by atoms with Gasteiger partial charge in [0.25, 0.3) is 0 Å². The molecule has 2 unspecified atom stereocenters. The van der Waals surface area contributed by atoms with E-state index in [0.29, 0.717) is 11.2 Å². The molecule has 10 nitrogen and oxygen atoms in total. The van der Waals surface area contributed by atoms with Gasteiger partial charge in [-0.2, -0.15) is 9.97 Å². The molecule has 0 aliphatic carbocycles. The van der Waals surface area contributed by atoms with Crippen LogP contribution in [-0.2, 0) is 19.0 Å². The number of fused-ring (bicyclic) bond motifs is 1. The largest absolute Gasteiger partial charge is 0.460 e. The highest BCUT2D eigenvalue weighted by Crippen LogP contribution is 2.26. The van der Waals surface area contributed by atoms with Gasteiger partial charge < -0.3 is 25.7 Å². The van der Waals surface area contributed by atoms with Crippen molar-refractivity contribution in [3.8, 4) is 0 Å². The number of carbonyl (C=O) groups is 1. The van der Waals surface area contributed by atoms with Crippen LogP contribution in [0.1, 0.15) is 20.1 Å². The van der Waals surface area contributed by atoms with Crippen LogP contribution in [0.25, 0.3) is 11.2 Å². The number of hydrogen-bond acceptors (Lipinski definition) is 9. The van der Waals surface area contributed by atoms with Crippen molar-refractivity contribution in [1.29, 1.82) is 0 Å². The lowest BCUT2D eigenvalue weighted by Gasteiger charge is -2.14. The number of esters is 1. The molecular formula is C13H18N6O4. The summed E-state index contributed by atoms with van der Waals surface area (Å²) in [7, 11) is 0. The first-order valence-corrected chi connectivity index (χ1v) is 7.15. The van der Waals surface area contributed by atoms with Gasteiger partial charge in [0.2, 0.25) is 5.95 Å². The molecule has 0 amide bonds. The van der Waals surface area contributed by atoms with Gasteiger partial charge >= 0.3 is 5.97 Å². The molecule has 3 heterocycles. The second-order valence-electron chi connectivity index (χ2n) is 5.43. The molecule has 0 radical (unpaired) electrons. The maximum absolute atomic E-state index is 11.5. The van der Waals surface area contributed by atoms with Gasteiger partial charge in [-0.15, -0.1) is 0 Å². The zero-order valence-corrected chi connectivity index (χ0v) is 12.8. The average molecular weight is 322 g/mol. The monoisotopic (exact) mass is 322 g/mol. The van der Waals surface area contributed by atoms with E-state index in [1.54, 1.807) is 18.4 Å². The number of rotatable bonds is 4. The molecule has 2 aromatic heterocycles. The van der Waals surface area contributed by atoms with E-state index in [4.69, 9.17) is 25.7 Å². The molecule has 4 N–H and O–H groups in total. The molecular weight excluding hydrogens is 304 g/mol. The van der Waals surface area contributed by atoms with Crippen molar-refractivity contribution in [2.75, 3.05) is 24.7 Å². The standard InChI is InChI=1S/C13H18N6O4/c1-6(2)12(20)22-4-8-21-3-7(23-8)19-5-16-9-10(14)17-13(15)18-11(9)19/h5-8H,3-4H2,1-2H3,(H4,14,15,17,18). The number of nitrogens with two attached hydrogens (primary N) is 2. The molecule has 1 aliphatic heterocycles. The number of hydrogen-bond donors (Lipinski definition) is 2. The summed E-state index contributed by atoms with van der Waals surface area (Å²) in [6, 6.07) is 0. The van der Waals surface area contributed by atoms with Crippen LogP contribution >= 0.6 is 0 Å². The molecule has 10 heteroatoms. The van der Waals surface area contributed by atoms with Crippen molar-refractivity contribution in [2.45, 2.75) is 26.4 Å². The zero-order chi connectivity index (χ0) is 16.6. The van der Waals surface area contributed by atoms with Crippen LogP contribution in [0.5, 0.6) is 0 Å². The molecule has 1 saturated heterocycles. The van der Waals surface area contributed by atoms with Crippen LogP contribution in [-0.4, -0.2) is 45.0 Å². The lowest BCUT2D eigenvalue weighted by atomic mass is 10.2. The van der Waals surface area contributed by atoms with Gasteiger partial charge in [-0.3, -0.25) is 9.36 Å². The predicted molar refractivity (Wildman–Crippen MR) is 79.8 cm³/mol. The molecule has 2 atom stereocenters. The van der Waals surface area contributed by atoms with Crippen LogP contribution < -0.4 is 11.5 Å². The highest BCUT2D eigenvalue weighted by molar-refractivity contribution is 5.82. The third kappa shape index (κ3) is 3.03. The second-order valence-corrected chi connectivity index (χ2v) is 5.43. The molecule has 0 aromatic carbocycles. The maximum Gasteiger partial charge on any atom is 0.308 e. The quantitative estimate of drug-likeness (QED) is 0.747. The van der Waals surface area contributed by atoms with E-state index in [9.17, 15) is 4.79 Å². The van der Waals surface area contributed by atoms with Crippen LogP contribution in [0.3, 0.4) is 0 Å². The summed E-state index contributed by atoms with van der Waals surface area (Å²) in [5.74, 6) is -0.250. The Morgan fingerprint density at radius 3 is 3.00 bits per heavy atom. The smallest absolute Gasteiger partial charge is 0.308 e. The van der Waals surface area contributed by atoms with Crippen molar-refractivity contribution in [1.82, 2.24) is 19.5 Å². The molecule has 0 spiro atoms. The highest BCUT2D eigenvalue weighted by atomic mass is 16.7. The van der Waals surface area contributed by atoms with Gasteiger partial charge in [-0.1, -0.05) is 13.8 Å². The van der Waals surface area contributed by atoms with Gasteiger partial charge in [-0.25, -0.2) is 4.98 Å². The van der Waals surface area contributed by atoms with E-state index in [0.717, 1.165) is 0 Å². The normalized spacial score (nSPS) is 21.2. The molecule has 0 bridgehead atoms. The van der Waals surface area contributed by atoms with Crippen molar-refractivity contribution >= 4 is 28.9 Å². The lowest BCUT2D eigenvalue weighted by Crippen LogP contribution is -2.22. The topological polar surface area (TPSA) is 140 Å². The molecule has 23 heavy (non-hydrogen) atoms. The van der Waals surface area contributed by atoms with E-state index in [2.05, 4.69) is 15.0 Å². The van der Waals surface area contributed by atoms with Gasteiger partial charge in [0.05, 0.1) is 18.9 Å². The average Bonchev–Trinajstić information content (AvgIpc) is 3.10. The first-order chi connectivity index (χ1) is 11.0. The Morgan fingerprint density at radius 2 is 2.26 bits per heavy atom. The second kappa shape index (κ2) is 5.97. The van der Waals surface area contributed by atoms with Gasteiger partial charge in [0, 0.05) is 0 Å². The third-order valence-corrected chi connectivity index (χ3v) is 3.34. The molecule has 124 valence electrons. The van der Waals surface area contributed by atoms with E-state index >= 15 is 0 Å². The lowest BCUT2D eigenvalue weighted by molar-refractivity contribution is -0.162. The number of ether oxygens (including phenoxy) is 3. The number of carbonyl (C=O) groups excluding carboxylic acids is 1. The Balaban J connectivity index is 1.71. The predicted octanol–water partition coefficient (Wildman–Crippen LogP) is 0.0614. The fourth-order valence-corrected chi connectivity index (χ4v) is 2.16. The first-order valence-electron chi connectivity index (χ1n) is 7.15. The Morgan fingerprint density at radius 1 is 1.48 bits per heavy atom. The van der Waals surface area contributed by atoms with E-state index < -0.39 is 12.5 Å². The summed E-state index contributed by atoms with van der Waals surface area (Å²) in [5, 5.41) is 0. The fraction of sp³-hybridized carbons (Fsp3) is 0.538. The SMILES string of the molecule is CC(C)C(=O)OCC1OCC(n2cnc3c(N)nc(N)nc32)O1. The summed E-state index contributed by atoms with van der Waals surface area (Å²) in [5.41, 5.74) is 12.3. The summed E-state index contributed by atoms with van der Waals surface area (Å²) in [4.78, 5) is 23.6. The Hall–Kier alpha value is -2.46. The molecule has 0 saturated carbocycles. The minimum atomic E-state index is -0.642. The van der Waals surface area contributed by atoms with Crippen LogP contribution in [0.15, 0.2) is 6.33 Å². The van der Waals surface area contributed by atoms with Gasteiger partial charge in [-0.05, 0) is 0 Å². The number of nitrogen functional groups attached to an aromatic ring is 2. The van der Waals surface area contributed by atoms with Crippen molar-refractivity contribution in [2.24, 2.45) is 5.92 Å². The van der Waals surface area contributed by atoms with Gasteiger partial charge in [0.15, 0.2) is 24.0 Å². The number of anilines is 2. The molecule has 2 aromatic rings. The Kier molecular flexibility index (Phi) is 4.01. The highest BCUT2D eigenvalue weighted by Gasteiger charge is 2.30. The fourth-order valence-electron chi connectivity index (χ4n) is 2.16. The van der Waals surface area contributed by atoms with Gasteiger partial charge in [0.1, 0.15) is 12.1 Å². The minimum Gasteiger partial charge on any atom is -0.460 e. The van der Waals surface area contributed by atoms with E-state index in [1.807, 2.05) is 0 Å². The number of aromatic nitrogens is 4.